The van der Waals surface area contributed by atoms with E-state index in [9.17, 15) is 0 Å². The zero-order valence-electron chi connectivity index (χ0n) is 13.7. The first-order valence-corrected chi connectivity index (χ1v) is 9.50. The molecule has 0 aliphatic carbocycles. The van der Waals surface area contributed by atoms with Crippen molar-refractivity contribution < 1.29 is 0 Å². The van der Waals surface area contributed by atoms with Crippen molar-refractivity contribution >= 4 is 43.2 Å². The van der Waals surface area contributed by atoms with Crippen LogP contribution in [0.1, 0.15) is 0 Å². The quantitative estimate of drug-likeness (QED) is 0.317. The van der Waals surface area contributed by atoms with E-state index in [1.165, 1.54) is 15.8 Å². The number of halogens is 1. The number of aromatic nitrogens is 2. The van der Waals surface area contributed by atoms with Crippen LogP contribution in [0.15, 0.2) is 78.9 Å². The molecule has 4 heteroatoms. The number of thiophene rings is 1. The molecule has 0 saturated carbocycles. The van der Waals surface area contributed by atoms with Gasteiger partial charge < -0.3 is 0 Å². The standard InChI is InChI=1S/C22H13ClN2S/c23-22-24-19(15-10-5-2-6-11-15)21-20(25-22)18-16(12-7-13-17(18)26-21)14-8-3-1-4-9-14/h1-13H. The molecule has 0 fully saturated rings. The first-order chi connectivity index (χ1) is 12.8. The van der Waals surface area contributed by atoms with Crippen LogP contribution in [0, 0.1) is 0 Å². The highest BCUT2D eigenvalue weighted by molar-refractivity contribution is 7.26. The molecule has 26 heavy (non-hydrogen) atoms. The largest absolute Gasteiger partial charge is 0.223 e. The first kappa shape index (κ1) is 15.5. The van der Waals surface area contributed by atoms with Crippen molar-refractivity contribution in [2.45, 2.75) is 0 Å². The van der Waals surface area contributed by atoms with E-state index in [1.807, 2.05) is 24.3 Å². The minimum atomic E-state index is 0.277. The lowest BCUT2D eigenvalue weighted by Gasteiger charge is -2.05. The van der Waals surface area contributed by atoms with Gasteiger partial charge in [0, 0.05) is 15.6 Å². The van der Waals surface area contributed by atoms with Gasteiger partial charge in [0.25, 0.3) is 0 Å². The molecule has 5 rings (SSSR count). The summed E-state index contributed by atoms with van der Waals surface area (Å²) in [5.74, 6) is 0. The van der Waals surface area contributed by atoms with Crippen LogP contribution in [0.4, 0.5) is 0 Å². The second-order valence-corrected chi connectivity index (χ2v) is 7.42. The summed E-state index contributed by atoms with van der Waals surface area (Å²) < 4.78 is 2.26. The Hall–Kier alpha value is -2.75. The van der Waals surface area contributed by atoms with Crippen LogP contribution in [-0.4, -0.2) is 9.97 Å². The van der Waals surface area contributed by atoms with E-state index in [2.05, 4.69) is 64.6 Å². The molecule has 0 atom stereocenters. The third-order valence-corrected chi connectivity index (χ3v) is 5.77. The molecule has 0 N–H and O–H groups in total. The molecular weight excluding hydrogens is 360 g/mol. The smallest absolute Gasteiger partial charge is 0.216 e. The maximum Gasteiger partial charge on any atom is 0.223 e. The zero-order valence-corrected chi connectivity index (χ0v) is 15.3. The first-order valence-electron chi connectivity index (χ1n) is 8.31. The lowest BCUT2D eigenvalue weighted by molar-refractivity contribution is 1.24. The Kier molecular flexibility index (Phi) is 3.70. The Morgan fingerprint density at radius 3 is 2.12 bits per heavy atom. The Balaban J connectivity index is 1.90. The van der Waals surface area contributed by atoms with Gasteiger partial charge in [-0.2, -0.15) is 0 Å². The van der Waals surface area contributed by atoms with Gasteiger partial charge in [0.2, 0.25) is 5.28 Å². The van der Waals surface area contributed by atoms with Crippen molar-refractivity contribution in [3.05, 3.63) is 84.1 Å². The second-order valence-electron chi connectivity index (χ2n) is 6.03. The minimum absolute atomic E-state index is 0.277. The van der Waals surface area contributed by atoms with Crippen LogP contribution in [0.5, 0.6) is 0 Å². The van der Waals surface area contributed by atoms with E-state index in [0.717, 1.165) is 26.9 Å². The van der Waals surface area contributed by atoms with Crippen LogP contribution in [0.3, 0.4) is 0 Å². The summed E-state index contributed by atoms with van der Waals surface area (Å²) in [7, 11) is 0. The molecule has 2 nitrogen and oxygen atoms in total. The highest BCUT2D eigenvalue weighted by Gasteiger charge is 2.17. The van der Waals surface area contributed by atoms with E-state index in [-0.39, 0.29) is 5.28 Å². The average molecular weight is 373 g/mol. The number of rotatable bonds is 2. The predicted octanol–water partition coefficient (Wildman–Crippen LogP) is 6.83. The number of hydrogen-bond donors (Lipinski definition) is 0. The summed E-state index contributed by atoms with van der Waals surface area (Å²) in [6, 6.07) is 26.9. The van der Waals surface area contributed by atoms with Crippen LogP contribution in [0.25, 0.3) is 42.7 Å². The maximum absolute atomic E-state index is 6.31. The molecule has 0 aliphatic rings. The maximum atomic E-state index is 6.31. The molecule has 124 valence electrons. The Bertz CT molecular complexity index is 1230. The molecule has 0 aliphatic heterocycles. The van der Waals surface area contributed by atoms with E-state index in [0.29, 0.717) is 0 Å². The fourth-order valence-electron chi connectivity index (χ4n) is 3.31. The summed E-state index contributed by atoms with van der Waals surface area (Å²) in [5.41, 5.74) is 5.20. The predicted molar refractivity (Wildman–Crippen MR) is 111 cm³/mol. The number of benzene rings is 3. The molecule has 0 amide bonds. The topological polar surface area (TPSA) is 25.8 Å². The highest BCUT2D eigenvalue weighted by atomic mass is 35.5. The summed E-state index contributed by atoms with van der Waals surface area (Å²) in [4.78, 5) is 9.13. The zero-order chi connectivity index (χ0) is 17.5. The van der Waals surface area contributed by atoms with E-state index in [4.69, 9.17) is 11.6 Å². The van der Waals surface area contributed by atoms with Gasteiger partial charge in [-0.3, -0.25) is 0 Å². The van der Waals surface area contributed by atoms with Crippen molar-refractivity contribution in [3.63, 3.8) is 0 Å². The molecule has 0 spiro atoms. The van der Waals surface area contributed by atoms with Gasteiger partial charge in [-0.1, -0.05) is 72.8 Å². The van der Waals surface area contributed by atoms with Crippen molar-refractivity contribution in [3.8, 4) is 22.4 Å². The molecule has 2 aromatic heterocycles. The van der Waals surface area contributed by atoms with Crippen molar-refractivity contribution in [1.82, 2.24) is 9.97 Å². The fourth-order valence-corrected chi connectivity index (χ4v) is 4.66. The second kappa shape index (κ2) is 6.20. The number of hydrogen-bond acceptors (Lipinski definition) is 3. The normalized spacial score (nSPS) is 11.3. The highest BCUT2D eigenvalue weighted by Crippen LogP contribution is 2.42. The number of fused-ring (bicyclic) bond motifs is 3. The van der Waals surface area contributed by atoms with Crippen LogP contribution < -0.4 is 0 Å². The summed E-state index contributed by atoms with van der Waals surface area (Å²) in [6.45, 7) is 0. The monoisotopic (exact) mass is 372 g/mol. The van der Waals surface area contributed by atoms with Gasteiger partial charge in [0.05, 0.1) is 15.9 Å². The molecule has 0 radical (unpaired) electrons. The van der Waals surface area contributed by atoms with Crippen LogP contribution >= 0.6 is 22.9 Å². The SMILES string of the molecule is Clc1nc(-c2ccccc2)c2sc3cccc(-c4ccccc4)c3c2n1. The van der Waals surface area contributed by atoms with E-state index in [1.54, 1.807) is 11.3 Å². The molecule has 0 saturated heterocycles. The minimum Gasteiger partial charge on any atom is -0.216 e. The summed E-state index contributed by atoms with van der Waals surface area (Å²) in [6.07, 6.45) is 0. The van der Waals surface area contributed by atoms with Crippen LogP contribution in [0.2, 0.25) is 5.28 Å². The fraction of sp³-hybridized carbons (Fsp3) is 0. The Morgan fingerprint density at radius 2 is 1.38 bits per heavy atom. The Labute approximate surface area is 159 Å². The molecule has 0 bridgehead atoms. The van der Waals surface area contributed by atoms with Gasteiger partial charge in [-0.25, -0.2) is 9.97 Å². The number of nitrogens with zero attached hydrogens (tertiary/aromatic N) is 2. The van der Waals surface area contributed by atoms with Gasteiger partial charge >= 0.3 is 0 Å². The van der Waals surface area contributed by atoms with Crippen molar-refractivity contribution in [1.29, 1.82) is 0 Å². The van der Waals surface area contributed by atoms with Crippen molar-refractivity contribution in [2.24, 2.45) is 0 Å². The van der Waals surface area contributed by atoms with Gasteiger partial charge in [0.1, 0.15) is 0 Å². The van der Waals surface area contributed by atoms with Gasteiger partial charge in [-0.05, 0) is 28.8 Å². The van der Waals surface area contributed by atoms with Crippen molar-refractivity contribution in [2.75, 3.05) is 0 Å². The average Bonchev–Trinajstić information content (AvgIpc) is 3.07. The van der Waals surface area contributed by atoms with Gasteiger partial charge in [0.15, 0.2) is 0 Å². The Morgan fingerprint density at radius 1 is 0.692 bits per heavy atom. The summed E-state index contributed by atoms with van der Waals surface area (Å²) in [5, 5.41) is 1.42. The third-order valence-electron chi connectivity index (χ3n) is 4.45. The molecule has 5 aromatic rings. The molecule has 3 aromatic carbocycles. The van der Waals surface area contributed by atoms with E-state index < -0.39 is 0 Å². The lowest BCUT2D eigenvalue weighted by Crippen LogP contribution is -1.89. The molecular formula is C22H13ClN2S. The molecule has 0 unspecified atom stereocenters. The summed E-state index contributed by atoms with van der Waals surface area (Å²) >= 11 is 8.03. The third kappa shape index (κ3) is 2.48. The molecule has 2 heterocycles. The lowest BCUT2D eigenvalue weighted by atomic mass is 10.0. The van der Waals surface area contributed by atoms with E-state index >= 15 is 0 Å². The van der Waals surface area contributed by atoms with Gasteiger partial charge in [-0.15, -0.1) is 11.3 Å². The van der Waals surface area contributed by atoms with Crippen LogP contribution in [-0.2, 0) is 0 Å².